The highest BCUT2D eigenvalue weighted by Gasteiger charge is 2.51. The van der Waals surface area contributed by atoms with E-state index in [1.54, 1.807) is 0 Å². The molecule has 12 heavy (non-hydrogen) atoms. The van der Waals surface area contributed by atoms with Crippen molar-refractivity contribution < 1.29 is 19.2 Å². The van der Waals surface area contributed by atoms with Crippen LogP contribution in [0.5, 0.6) is 0 Å². The van der Waals surface area contributed by atoms with Crippen LogP contribution >= 0.6 is 0 Å². The molecule has 2 rings (SSSR count). The van der Waals surface area contributed by atoms with Gasteiger partial charge in [0.1, 0.15) is 6.10 Å². The second kappa shape index (κ2) is 2.45. The maximum atomic E-state index is 11.1. The summed E-state index contributed by atoms with van der Waals surface area (Å²) in [7, 11) is 0. The Morgan fingerprint density at radius 1 is 1.75 bits per heavy atom. The van der Waals surface area contributed by atoms with Crippen molar-refractivity contribution in [1.29, 1.82) is 0 Å². The third kappa shape index (κ3) is 1.16. The van der Waals surface area contributed by atoms with Gasteiger partial charge in [0, 0.05) is 13.3 Å². The van der Waals surface area contributed by atoms with Crippen LogP contribution in [-0.2, 0) is 19.2 Å². The Kier molecular flexibility index (Phi) is 1.54. The Morgan fingerprint density at radius 3 is 3.17 bits per heavy atom. The fraction of sp³-hybridized carbons (Fsp3) is 0.714. The third-order valence-electron chi connectivity index (χ3n) is 1.90. The van der Waals surface area contributed by atoms with E-state index in [4.69, 9.17) is 4.74 Å². The first-order valence-corrected chi connectivity index (χ1v) is 3.84. The van der Waals surface area contributed by atoms with E-state index < -0.39 is 5.97 Å². The van der Waals surface area contributed by atoms with Crippen molar-refractivity contribution in [3.8, 4) is 0 Å². The molecule has 2 aliphatic rings. The van der Waals surface area contributed by atoms with Crippen molar-refractivity contribution in [3.05, 3.63) is 0 Å². The summed E-state index contributed by atoms with van der Waals surface area (Å²) in [5.41, 5.74) is 0. The lowest BCUT2D eigenvalue weighted by atomic mass is 10.1. The zero-order valence-corrected chi connectivity index (χ0v) is 6.65. The molecular weight excluding hydrogens is 162 g/mol. The molecule has 2 atom stereocenters. The average molecular weight is 171 g/mol. The molecule has 5 heteroatoms. The molecule has 1 amide bonds. The number of carbonyl (C=O) groups excluding carboxylic acids is 2. The third-order valence-corrected chi connectivity index (χ3v) is 1.90. The number of carbonyl (C=O) groups is 2. The van der Waals surface area contributed by atoms with E-state index in [9.17, 15) is 9.59 Å². The Balaban J connectivity index is 2.01. The minimum Gasteiger partial charge on any atom is -0.344 e. The van der Waals surface area contributed by atoms with E-state index in [-0.39, 0.29) is 18.2 Å². The lowest BCUT2D eigenvalue weighted by molar-refractivity contribution is -0.206. The standard InChI is InChI=1S/C7H9NO4/c1-4(9)12-8-6(10)3-2-5-7(8)11-5/h5,7H,2-3H2,1H3. The second-order valence-corrected chi connectivity index (χ2v) is 2.91. The quantitative estimate of drug-likeness (QED) is 0.513. The molecule has 0 bridgehead atoms. The normalized spacial score (nSPS) is 32.8. The molecule has 2 fully saturated rings. The van der Waals surface area contributed by atoms with Crippen LogP contribution in [0.1, 0.15) is 19.8 Å². The maximum absolute atomic E-state index is 11.1. The summed E-state index contributed by atoms with van der Waals surface area (Å²) < 4.78 is 5.09. The summed E-state index contributed by atoms with van der Waals surface area (Å²) in [6, 6.07) is 0. The van der Waals surface area contributed by atoms with Crippen molar-refractivity contribution >= 4 is 11.9 Å². The summed E-state index contributed by atoms with van der Waals surface area (Å²) >= 11 is 0. The summed E-state index contributed by atoms with van der Waals surface area (Å²) in [6.07, 6.45) is 0.910. The number of hydroxylamine groups is 2. The van der Waals surface area contributed by atoms with Gasteiger partial charge in [0.2, 0.25) is 0 Å². The number of fused-ring (bicyclic) bond motifs is 1. The van der Waals surface area contributed by atoms with Crippen molar-refractivity contribution in [1.82, 2.24) is 5.06 Å². The minimum absolute atomic E-state index is 0.0852. The Labute approximate surface area is 69.2 Å². The number of hydrogen-bond donors (Lipinski definition) is 0. The molecule has 2 heterocycles. The smallest absolute Gasteiger partial charge is 0.329 e. The van der Waals surface area contributed by atoms with E-state index in [2.05, 4.69) is 4.84 Å². The number of ether oxygens (including phenoxy) is 1. The number of hydrogen-bond acceptors (Lipinski definition) is 4. The molecule has 2 saturated heterocycles. The molecule has 2 unspecified atom stereocenters. The minimum atomic E-state index is -0.487. The molecule has 5 nitrogen and oxygen atoms in total. The first-order valence-electron chi connectivity index (χ1n) is 3.84. The second-order valence-electron chi connectivity index (χ2n) is 2.91. The molecule has 2 aliphatic heterocycles. The average Bonchev–Trinajstić information content (AvgIpc) is 2.73. The molecule has 0 aromatic carbocycles. The fourth-order valence-electron chi connectivity index (χ4n) is 1.31. The van der Waals surface area contributed by atoms with E-state index in [1.807, 2.05) is 0 Å². The Morgan fingerprint density at radius 2 is 2.50 bits per heavy atom. The molecule has 0 N–H and O–H groups in total. The van der Waals surface area contributed by atoms with Gasteiger partial charge < -0.3 is 9.57 Å². The van der Waals surface area contributed by atoms with Crippen LogP contribution < -0.4 is 0 Å². The van der Waals surface area contributed by atoms with Crippen LogP contribution in [-0.4, -0.2) is 29.3 Å². The lowest BCUT2D eigenvalue weighted by Gasteiger charge is -2.20. The van der Waals surface area contributed by atoms with Gasteiger partial charge in [-0.3, -0.25) is 9.59 Å². The van der Waals surface area contributed by atoms with Gasteiger partial charge in [0.15, 0.2) is 6.23 Å². The van der Waals surface area contributed by atoms with Crippen molar-refractivity contribution in [3.63, 3.8) is 0 Å². The monoisotopic (exact) mass is 171 g/mol. The lowest BCUT2D eigenvalue weighted by Crippen LogP contribution is -2.39. The van der Waals surface area contributed by atoms with Gasteiger partial charge in [-0.25, -0.2) is 0 Å². The van der Waals surface area contributed by atoms with Crippen molar-refractivity contribution in [2.45, 2.75) is 32.1 Å². The largest absolute Gasteiger partial charge is 0.344 e. The highest BCUT2D eigenvalue weighted by atomic mass is 16.8. The number of amides is 1. The molecular formula is C7H9NO4. The van der Waals surface area contributed by atoms with Gasteiger partial charge in [0.25, 0.3) is 5.91 Å². The van der Waals surface area contributed by atoms with E-state index in [0.29, 0.717) is 6.42 Å². The van der Waals surface area contributed by atoms with Crippen LogP contribution in [0.3, 0.4) is 0 Å². The number of nitrogens with zero attached hydrogens (tertiary/aromatic N) is 1. The molecule has 0 saturated carbocycles. The number of rotatable bonds is 1. The molecule has 0 aromatic rings. The number of piperidine rings is 1. The van der Waals surface area contributed by atoms with Crippen molar-refractivity contribution in [2.24, 2.45) is 0 Å². The zero-order valence-electron chi connectivity index (χ0n) is 6.65. The summed E-state index contributed by atoms with van der Waals surface area (Å²) in [5, 5.41) is 1.04. The van der Waals surface area contributed by atoms with Gasteiger partial charge in [0.05, 0.1) is 0 Å². The van der Waals surface area contributed by atoms with Gasteiger partial charge in [-0.05, 0) is 6.42 Å². The van der Waals surface area contributed by atoms with Crippen LogP contribution in [0.25, 0.3) is 0 Å². The molecule has 0 aromatic heterocycles. The molecule has 0 spiro atoms. The summed E-state index contributed by atoms with van der Waals surface area (Å²) in [6.45, 7) is 1.26. The van der Waals surface area contributed by atoms with Gasteiger partial charge in [-0.2, -0.15) is 0 Å². The van der Waals surface area contributed by atoms with Gasteiger partial charge in [-0.15, -0.1) is 5.06 Å². The Bertz CT molecular complexity index is 240. The highest BCUT2D eigenvalue weighted by molar-refractivity contribution is 5.78. The van der Waals surface area contributed by atoms with Crippen molar-refractivity contribution in [2.75, 3.05) is 0 Å². The van der Waals surface area contributed by atoms with Gasteiger partial charge >= 0.3 is 5.97 Å². The first kappa shape index (κ1) is 7.54. The van der Waals surface area contributed by atoms with Crippen LogP contribution in [0.4, 0.5) is 0 Å². The van der Waals surface area contributed by atoms with Gasteiger partial charge in [-0.1, -0.05) is 0 Å². The molecule has 66 valence electrons. The summed E-state index contributed by atoms with van der Waals surface area (Å²) in [5.74, 6) is -0.663. The molecule has 0 radical (unpaired) electrons. The van der Waals surface area contributed by atoms with E-state index in [1.165, 1.54) is 6.92 Å². The SMILES string of the molecule is CC(=O)ON1C(=O)CCC2OC21. The number of epoxide rings is 1. The summed E-state index contributed by atoms with van der Waals surface area (Å²) in [4.78, 5) is 26.4. The molecule has 0 aliphatic carbocycles. The fourth-order valence-corrected chi connectivity index (χ4v) is 1.31. The van der Waals surface area contributed by atoms with Crippen LogP contribution in [0.2, 0.25) is 0 Å². The topological polar surface area (TPSA) is 59.1 Å². The predicted molar refractivity (Wildman–Crippen MR) is 36.5 cm³/mol. The zero-order chi connectivity index (χ0) is 8.72. The van der Waals surface area contributed by atoms with Crippen LogP contribution in [0, 0.1) is 0 Å². The first-order chi connectivity index (χ1) is 5.68. The van der Waals surface area contributed by atoms with E-state index in [0.717, 1.165) is 11.5 Å². The van der Waals surface area contributed by atoms with E-state index >= 15 is 0 Å². The maximum Gasteiger partial charge on any atom is 0.329 e. The Hall–Kier alpha value is -1.10. The van der Waals surface area contributed by atoms with Crippen LogP contribution in [0.15, 0.2) is 0 Å². The predicted octanol–water partition coefficient (Wildman–Crippen LogP) is -0.188. The highest BCUT2D eigenvalue weighted by Crippen LogP contribution is 2.35.